The van der Waals surface area contributed by atoms with Gasteiger partial charge in [-0.25, -0.2) is 4.68 Å². The molecule has 3 aromatic rings. The molecule has 0 spiro atoms. The number of likely N-dealkylation sites (tertiary alicyclic amines) is 1. The number of amides is 1. The molecule has 1 amide bonds. The number of rotatable bonds is 3. The molecular weight excluding hydrogens is 330 g/mol. The molecule has 1 fully saturated rings. The van der Waals surface area contributed by atoms with Gasteiger partial charge in [0, 0.05) is 24.2 Å². The van der Waals surface area contributed by atoms with Crippen LogP contribution in [0.4, 0.5) is 0 Å². The van der Waals surface area contributed by atoms with E-state index in [0.29, 0.717) is 24.2 Å². The lowest BCUT2D eigenvalue weighted by molar-refractivity contribution is -0.0320. The molecule has 0 bridgehead atoms. The van der Waals surface area contributed by atoms with Crippen molar-refractivity contribution in [3.63, 3.8) is 0 Å². The number of aliphatic hydroxyl groups is 1. The monoisotopic (exact) mass is 353 g/mol. The van der Waals surface area contributed by atoms with Crippen LogP contribution in [0.25, 0.3) is 10.9 Å². The summed E-state index contributed by atoms with van der Waals surface area (Å²) in [5.74, 6) is -0.0765. The van der Waals surface area contributed by atoms with Crippen molar-refractivity contribution >= 4 is 16.8 Å². The molecule has 7 nitrogen and oxygen atoms in total. The molecule has 4 rings (SSSR count). The number of carbonyl (C=O) groups is 1. The Balaban J connectivity index is 1.61. The first-order chi connectivity index (χ1) is 12.5. The maximum atomic E-state index is 13.1. The van der Waals surface area contributed by atoms with E-state index in [4.69, 9.17) is 0 Å². The third-order valence-corrected chi connectivity index (χ3v) is 5.09. The van der Waals surface area contributed by atoms with Gasteiger partial charge < -0.3 is 15.0 Å². The number of nitrogens with zero attached hydrogens (tertiary/aromatic N) is 4. The molecule has 1 aliphatic heterocycles. The van der Waals surface area contributed by atoms with E-state index in [-0.39, 0.29) is 18.5 Å². The molecule has 2 aromatic heterocycles. The third kappa shape index (κ3) is 2.78. The Labute approximate surface area is 151 Å². The second-order valence-corrected chi connectivity index (χ2v) is 7.29. The van der Waals surface area contributed by atoms with Crippen molar-refractivity contribution in [2.24, 2.45) is 0 Å². The highest BCUT2D eigenvalue weighted by Crippen LogP contribution is 2.31. The molecule has 0 aliphatic carbocycles. The summed E-state index contributed by atoms with van der Waals surface area (Å²) in [6, 6.07) is 7.80. The van der Waals surface area contributed by atoms with E-state index in [0.717, 1.165) is 17.3 Å². The number of aromatic amines is 1. The highest BCUT2D eigenvalue weighted by molar-refractivity contribution is 6.05. The van der Waals surface area contributed by atoms with Crippen LogP contribution in [0.2, 0.25) is 0 Å². The zero-order chi connectivity index (χ0) is 18.3. The van der Waals surface area contributed by atoms with Crippen LogP contribution in [0.3, 0.4) is 0 Å². The Morgan fingerprint density at radius 2 is 2.19 bits per heavy atom. The highest BCUT2D eigenvalue weighted by atomic mass is 16.3. The fourth-order valence-electron chi connectivity index (χ4n) is 3.59. The average molecular weight is 353 g/mol. The topological polar surface area (TPSA) is 87.0 Å². The first kappa shape index (κ1) is 16.8. The molecule has 2 N–H and O–H groups in total. The van der Waals surface area contributed by atoms with Crippen molar-refractivity contribution in [3.8, 4) is 0 Å². The van der Waals surface area contributed by atoms with Gasteiger partial charge >= 0.3 is 0 Å². The van der Waals surface area contributed by atoms with E-state index in [2.05, 4.69) is 15.3 Å². The highest BCUT2D eigenvalue weighted by Gasteiger charge is 2.39. The number of carbonyl (C=O) groups excluding carboxylic acids is 1. The van der Waals surface area contributed by atoms with Gasteiger partial charge in [-0.2, -0.15) is 0 Å². The zero-order valence-corrected chi connectivity index (χ0v) is 15.0. The number of hydrogen-bond acceptors (Lipinski definition) is 4. The van der Waals surface area contributed by atoms with Gasteiger partial charge in [-0.3, -0.25) is 4.79 Å². The van der Waals surface area contributed by atoms with Crippen molar-refractivity contribution in [1.82, 2.24) is 24.9 Å². The van der Waals surface area contributed by atoms with Crippen LogP contribution in [0.5, 0.6) is 0 Å². The van der Waals surface area contributed by atoms with E-state index < -0.39 is 5.60 Å². The summed E-state index contributed by atoms with van der Waals surface area (Å²) >= 11 is 0. The van der Waals surface area contributed by atoms with Crippen LogP contribution in [0.15, 0.2) is 36.7 Å². The molecule has 26 heavy (non-hydrogen) atoms. The number of benzene rings is 1. The lowest BCUT2D eigenvalue weighted by Crippen LogP contribution is -2.48. The summed E-state index contributed by atoms with van der Waals surface area (Å²) in [7, 11) is 0. The van der Waals surface area contributed by atoms with Gasteiger partial charge in [0.1, 0.15) is 11.3 Å². The van der Waals surface area contributed by atoms with Crippen molar-refractivity contribution in [1.29, 1.82) is 0 Å². The molecule has 1 unspecified atom stereocenters. The maximum absolute atomic E-state index is 13.1. The Kier molecular flexibility index (Phi) is 4.03. The minimum Gasteiger partial charge on any atom is -0.382 e. The Morgan fingerprint density at radius 1 is 1.35 bits per heavy atom. The van der Waals surface area contributed by atoms with Crippen LogP contribution in [0, 0.1) is 0 Å². The van der Waals surface area contributed by atoms with Crippen molar-refractivity contribution < 1.29 is 9.90 Å². The number of para-hydroxylation sites is 1. The van der Waals surface area contributed by atoms with Crippen LogP contribution < -0.4 is 0 Å². The normalized spacial score (nSPS) is 20.8. The predicted molar refractivity (Wildman–Crippen MR) is 97.7 cm³/mol. The van der Waals surface area contributed by atoms with E-state index in [1.165, 1.54) is 0 Å². The summed E-state index contributed by atoms with van der Waals surface area (Å²) in [5.41, 5.74) is 0.826. The SMILES string of the molecule is CC(C)n1cc(C2(O)CCCN(C(=O)c3cccc4cc[nH]c34)C2)nn1. The minimum atomic E-state index is -1.16. The number of piperidine rings is 1. The Morgan fingerprint density at radius 3 is 2.96 bits per heavy atom. The summed E-state index contributed by atoms with van der Waals surface area (Å²) in [4.78, 5) is 18.0. The summed E-state index contributed by atoms with van der Waals surface area (Å²) < 4.78 is 1.73. The van der Waals surface area contributed by atoms with Crippen molar-refractivity contribution in [2.45, 2.75) is 38.3 Å². The molecule has 0 radical (unpaired) electrons. The number of aromatic nitrogens is 4. The standard InChI is InChI=1S/C19H23N5O2/c1-13(2)24-11-16(21-22-24)19(26)8-4-10-23(12-19)18(25)15-6-3-5-14-7-9-20-17(14)15/h3,5-7,9,11,13,20,26H,4,8,10,12H2,1-2H3. The second kappa shape index (κ2) is 6.25. The molecule has 1 atom stereocenters. The molecule has 1 aliphatic rings. The summed E-state index contributed by atoms with van der Waals surface area (Å²) in [6.07, 6.45) is 4.90. The third-order valence-electron chi connectivity index (χ3n) is 5.09. The fourth-order valence-corrected chi connectivity index (χ4v) is 3.59. The van der Waals surface area contributed by atoms with Crippen molar-refractivity contribution in [2.75, 3.05) is 13.1 Å². The van der Waals surface area contributed by atoms with Gasteiger partial charge in [0.25, 0.3) is 5.91 Å². The van der Waals surface area contributed by atoms with Crippen LogP contribution in [-0.2, 0) is 5.60 Å². The van der Waals surface area contributed by atoms with E-state index in [1.54, 1.807) is 15.8 Å². The number of hydrogen-bond donors (Lipinski definition) is 2. The molecule has 1 saturated heterocycles. The van der Waals surface area contributed by atoms with Crippen LogP contribution in [-0.4, -0.2) is 49.0 Å². The minimum absolute atomic E-state index is 0.0765. The van der Waals surface area contributed by atoms with Crippen molar-refractivity contribution in [3.05, 3.63) is 47.9 Å². The van der Waals surface area contributed by atoms with Crippen LogP contribution >= 0.6 is 0 Å². The Hall–Kier alpha value is -2.67. The Bertz CT molecular complexity index is 944. The quantitative estimate of drug-likeness (QED) is 0.757. The number of nitrogens with one attached hydrogen (secondary N) is 1. The number of β-amino-alcohol motifs (C(OH)–C–C–N with tert-alkyl or cyclic N) is 1. The van der Waals surface area contributed by atoms with Gasteiger partial charge in [0.15, 0.2) is 0 Å². The fraction of sp³-hybridized carbons (Fsp3) is 0.421. The molecule has 7 heteroatoms. The summed E-state index contributed by atoms with van der Waals surface area (Å²) in [6.45, 7) is 4.86. The average Bonchev–Trinajstić information content (AvgIpc) is 3.30. The largest absolute Gasteiger partial charge is 0.382 e. The lowest BCUT2D eigenvalue weighted by atomic mass is 9.89. The molecule has 1 aromatic carbocycles. The molecule has 136 valence electrons. The van der Waals surface area contributed by atoms with Gasteiger partial charge in [-0.05, 0) is 38.8 Å². The molecule has 0 saturated carbocycles. The predicted octanol–water partition coefficient (Wildman–Crippen LogP) is 2.46. The first-order valence-corrected chi connectivity index (χ1v) is 8.98. The zero-order valence-electron chi connectivity index (χ0n) is 15.0. The van der Waals surface area contributed by atoms with Crippen LogP contribution in [0.1, 0.15) is 48.8 Å². The van der Waals surface area contributed by atoms with Gasteiger partial charge in [-0.1, -0.05) is 17.3 Å². The van der Waals surface area contributed by atoms with E-state index >= 15 is 0 Å². The van der Waals surface area contributed by atoms with Gasteiger partial charge in [-0.15, -0.1) is 5.10 Å². The van der Waals surface area contributed by atoms with Gasteiger partial charge in [0.05, 0.1) is 23.8 Å². The first-order valence-electron chi connectivity index (χ1n) is 8.98. The van der Waals surface area contributed by atoms with Gasteiger partial charge in [0.2, 0.25) is 0 Å². The summed E-state index contributed by atoms with van der Waals surface area (Å²) in [5, 5.41) is 20.4. The number of H-pyrrole nitrogens is 1. The molecule has 3 heterocycles. The number of fused-ring (bicyclic) bond motifs is 1. The molecular formula is C19H23N5O2. The van der Waals surface area contributed by atoms with E-state index in [1.807, 2.05) is 44.3 Å². The lowest BCUT2D eigenvalue weighted by Gasteiger charge is -2.38. The smallest absolute Gasteiger partial charge is 0.256 e. The second-order valence-electron chi connectivity index (χ2n) is 7.29. The maximum Gasteiger partial charge on any atom is 0.256 e. The van der Waals surface area contributed by atoms with E-state index in [9.17, 15) is 9.90 Å².